The summed E-state index contributed by atoms with van der Waals surface area (Å²) in [5, 5.41) is 3.22. The molecule has 1 heterocycles. The molecule has 0 saturated carbocycles. The first-order valence-electron chi connectivity index (χ1n) is 5.56. The highest BCUT2D eigenvalue weighted by Gasteiger charge is 2.06. The Morgan fingerprint density at radius 3 is 2.94 bits per heavy atom. The first kappa shape index (κ1) is 12.7. The molecule has 1 aromatic rings. The van der Waals surface area contributed by atoms with Gasteiger partial charge in [0.2, 0.25) is 5.91 Å². The summed E-state index contributed by atoms with van der Waals surface area (Å²) < 4.78 is 2.02. The lowest BCUT2D eigenvalue weighted by molar-refractivity contribution is -0.128. The van der Waals surface area contributed by atoms with Crippen molar-refractivity contribution in [3.8, 4) is 0 Å². The van der Waals surface area contributed by atoms with E-state index in [1.165, 1.54) is 0 Å². The van der Waals surface area contributed by atoms with E-state index in [0.29, 0.717) is 13.0 Å². The highest BCUT2D eigenvalue weighted by Crippen LogP contribution is 2.00. The summed E-state index contributed by atoms with van der Waals surface area (Å²) >= 11 is 0. The predicted molar refractivity (Wildman–Crippen MR) is 62.9 cm³/mol. The highest BCUT2D eigenvalue weighted by atomic mass is 16.2. The topological polar surface area (TPSA) is 50.2 Å². The monoisotopic (exact) mass is 224 g/mol. The zero-order valence-corrected chi connectivity index (χ0v) is 10.2. The minimum absolute atomic E-state index is 0.142. The van der Waals surface area contributed by atoms with E-state index in [4.69, 9.17) is 0 Å². The van der Waals surface area contributed by atoms with Crippen LogP contribution < -0.4 is 5.32 Å². The largest absolute Gasteiger partial charge is 0.349 e. The number of aromatic nitrogens is 2. The van der Waals surface area contributed by atoms with Crippen LogP contribution in [0.5, 0.6) is 0 Å². The average Bonchev–Trinajstić information content (AvgIpc) is 2.70. The molecule has 5 heteroatoms. The van der Waals surface area contributed by atoms with Crippen molar-refractivity contribution in [3.63, 3.8) is 0 Å². The molecule has 0 spiro atoms. The summed E-state index contributed by atoms with van der Waals surface area (Å²) in [6, 6.07) is 0. The molecule has 0 aliphatic carbocycles. The second-order valence-electron chi connectivity index (χ2n) is 3.86. The summed E-state index contributed by atoms with van der Waals surface area (Å²) in [5.74, 6) is 1.12. The predicted octanol–water partition coefficient (Wildman–Crippen LogP) is 0.471. The molecular formula is C11H20N4O. The normalized spacial score (nSPS) is 10.4. The zero-order valence-electron chi connectivity index (χ0n) is 10.2. The van der Waals surface area contributed by atoms with Crippen LogP contribution in [0, 0.1) is 0 Å². The molecule has 0 aliphatic rings. The van der Waals surface area contributed by atoms with E-state index in [-0.39, 0.29) is 5.91 Å². The highest BCUT2D eigenvalue weighted by molar-refractivity contribution is 5.75. The number of rotatable bonds is 6. The fraction of sp³-hybridized carbons (Fsp3) is 0.636. The molecule has 0 radical (unpaired) electrons. The van der Waals surface area contributed by atoms with Crippen LogP contribution in [-0.4, -0.2) is 41.0 Å². The minimum Gasteiger partial charge on any atom is -0.349 e. The molecule has 0 aliphatic heterocycles. The van der Waals surface area contributed by atoms with Crippen molar-refractivity contribution in [1.82, 2.24) is 19.8 Å². The van der Waals surface area contributed by atoms with Crippen molar-refractivity contribution in [1.29, 1.82) is 0 Å². The molecule has 5 nitrogen and oxygen atoms in total. The number of nitrogens with zero attached hydrogens (tertiary/aromatic N) is 3. The Morgan fingerprint density at radius 2 is 2.31 bits per heavy atom. The van der Waals surface area contributed by atoms with E-state index in [1.54, 1.807) is 25.2 Å². The molecule has 0 atom stereocenters. The van der Waals surface area contributed by atoms with Crippen LogP contribution in [0.1, 0.15) is 19.2 Å². The van der Waals surface area contributed by atoms with Crippen LogP contribution in [-0.2, 0) is 17.9 Å². The standard InChI is InChI=1S/C11H20N4O/c1-4-12-9-10-13-6-8-15(10)7-5-11(16)14(2)3/h6,8,12H,4-5,7,9H2,1-3H3. The molecule has 16 heavy (non-hydrogen) atoms. The lowest BCUT2D eigenvalue weighted by Crippen LogP contribution is -2.23. The van der Waals surface area contributed by atoms with E-state index in [0.717, 1.165) is 18.9 Å². The van der Waals surface area contributed by atoms with Gasteiger partial charge in [-0.3, -0.25) is 4.79 Å². The summed E-state index contributed by atoms with van der Waals surface area (Å²) in [7, 11) is 3.55. The second kappa shape index (κ2) is 6.27. The first-order valence-corrected chi connectivity index (χ1v) is 5.56. The summed E-state index contributed by atoms with van der Waals surface area (Å²) in [4.78, 5) is 17.3. The molecule has 1 rings (SSSR count). The Kier molecular flexibility index (Phi) is 4.98. The van der Waals surface area contributed by atoms with E-state index in [1.807, 2.05) is 10.8 Å². The van der Waals surface area contributed by atoms with Gasteiger partial charge in [0.05, 0.1) is 6.54 Å². The lowest BCUT2D eigenvalue weighted by atomic mass is 10.3. The van der Waals surface area contributed by atoms with Crippen molar-refractivity contribution in [2.24, 2.45) is 0 Å². The van der Waals surface area contributed by atoms with Crippen LogP contribution >= 0.6 is 0 Å². The summed E-state index contributed by atoms with van der Waals surface area (Å²) in [5.41, 5.74) is 0. The molecule has 1 N–H and O–H groups in total. The molecule has 1 amide bonds. The molecule has 1 aromatic heterocycles. The van der Waals surface area contributed by atoms with Crippen LogP contribution in [0.4, 0.5) is 0 Å². The lowest BCUT2D eigenvalue weighted by Gasteiger charge is -2.11. The van der Waals surface area contributed by atoms with Crippen molar-refractivity contribution < 1.29 is 4.79 Å². The first-order chi connectivity index (χ1) is 7.65. The molecule has 0 unspecified atom stereocenters. The van der Waals surface area contributed by atoms with Crippen LogP contribution in [0.15, 0.2) is 12.4 Å². The van der Waals surface area contributed by atoms with Gasteiger partial charge in [-0.2, -0.15) is 0 Å². The number of carbonyl (C=O) groups is 1. The number of aryl methyl sites for hydroxylation is 1. The summed E-state index contributed by atoms with van der Waals surface area (Å²) in [6.07, 6.45) is 4.20. The van der Waals surface area contributed by atoms with Gasteiger partial charge in [0.15, 0.2) is 0 Å². The van der Waals surface area contributed by atoms with Gasteiger partial charge in [-0.05, 0) is 6.54 Å². The third kappa shape index (κ3) is 3.66. The van der Waals surface area contributed by atoms with E-state index >= 15 is 0 Å². The van der Waals surface area contributed by atoms with Gasteiger partial charge in [-0.25, -0.2) is 4.98 Å². The second-order valence-corrected chi connectivity index (χ2v) is 3.86. The third-order valence-corrected chi connectivity index (χ3v) is 2.40. The van der Waals surface area contributed by atoms with Crippen LogP contribution in [0.2, 0.25) is 0 Å². The maximum absolute atomic E-state index is 11.4. The molecule has 0 saturated heterocycles. The minimum atomic E-state index is 0.142. The van der Waals surface area contributed by atoms with Gasteiger partial charge in [0, 0.05) is 39.5 Å². The molecule has 0 fully saturated rings. The van der Waals surface area contributed by atoms with E-state index in [2.05, 4.69) is 17.2 Å². The van der Waals surface area contributed by atoms with Gasteiger partial charge in [-0.15, -0.1) is 0 Å². The number of carbonyl (C=O) groups excluding carboxylic acids is 1. The SMILES string of the molecule is CCNCc1nccn1CCC(=O)N(C)C. The summed E-state index contributed by atoms with van der Waals surface area (Å²) in [6.45, 7) is 4.42. The average molecular weight is 224 g/mol. The van der Waals surface area contributed by atoms with E-state index in [9.17, 15) is 4.79 Å². The number of hydrogen-bond donors (Lipinski definition) is 1. The van der Waals surface area contributed by atoms with Gasteiger partial charge >= 0.3 is 0 Å². The van der Waals surface area contributed by atoms with Gasteiger partial charge in [0.25, 0.3) is 0 Å². The fourth-order valence-electron chi connectivity index (χ4n) is 1.39. The number of nitrogens with one attached hydrogen (secondary N) is 1. The quantitative estimate of drug-likeness (QED) is 0.764. The smallest absolute Gasteiger partial charge is 0.223 e. The molecular weight excluding hydrogens is 204 g/mol. The van der Waals surface area contributed by atoms with Crippen LogP contribution in [0.25, 0.3) is 0 Å². The van der Waals surface area contributed by atoms with Crippen molar-refractivity contribution in [2.75, 3.05) is 20.6 Å². The Labute approximate surface area is 96.5 Å². The third-order valence-electron chi connectivity index (χ3n) is 2.40. The van der Waals surface area contributed by atoms with Gasteiger partial charge in [-0.1, -0.05) is 6.92 Å². The Bertz CT molecular complexity index is 332. The molecule has 90 valence electrons. The van der Waals surface area contributed by atoms with Crippen molar-refractivity contribution >= 4 is 5.91 Å². The Balaban J connectivity index is 2.47. The number of hydrogen-bond acceptors (Lipinski definition) is 3. The maximum atomic E-state index is 11.4. The zero-order chi connectivity index (χ0) is 12.0. The van der Waals surface area contributed by atoms with Crippen molar-refractivity contribution in [2.45, 2.75) is 26.4 Å². The Morgan fingerprint density at radius 1 is 1.56 bits per heavy atom. The number of amides is 1. The van der Waals surface area contributed by atoms with Gasteiger partial charge < -0.3 is 14.8 Å². The fourth-order valence-corrected chi connectivity index (χ4v) is 1.39. The van der Waals surface area contributed by atoms with Gasteiger partial charge in [0.1, 0.15) is 5.82 Å². The van der Waals surface area contributed by atoms with E-state index < -0.39 is 0 Å². The molecule has 0 bridgehead atoms. The number of imidazole rings is 1. The van der Waals surface area contributed by atoms with Crippen LogP contribution in [0.3, 0.4) is 0 Å². The maximum Gasteiger partial charge on any atom is 0.223 e. The van der Waals surface area contributed by atoms with Crippen molar-refractivity contribution in [3.05, 3.63) is 18.2 Å². The molecule has 0 aromatic carbocycles. The Hall–Kier alpha value is -1.36.